The van der Waals surface area contributed by atoms with Crippen LogP contribution in [0.25, 0.3) is 11.4 Å². The number of likely N-dealkylation sites (tertiary alicyclic amines) is 1. The maximum Gasteiger partial charge on any atom is 0.270 e. The summed E-state index contributed by atoms with van der Waals surface area (Å²) in [5.74, 6) is 0.444. The first kappa shape index (κ1) is 22.2. The number of halogens is 2. The van der Waals surface area contributed by atoms with E-state index >= 15 is 0 Å². The highest BCUT2D eigenvalue weighted by Gasteiger charge is 2.30. The van der Waals surface area contributed by atoms with Crippen molar-refractivity contribution >= 4 is 40.5 Å². The van der Waals surface area contributed by atoms with Crippen molar-refractivity contribution in [1.82, 2.24) is 15.0 Å². The van der Waals surface area contributed by atoms with E-state index in [0.717, 1.165) is 12.8 Å². The monoisotopic (exact) mass is 475 g/mol. The Hall–Kier alpha value is -3.01. The first-order chi connectivity index (χ1) is 15.4. The number of hydrogen-bond donors (Lipinski definition) is 1. The zero-order valence-electron chi connectivity index (χ0n) is 16.8. The summed E-state index contributed by atoms with van der Waals surface area (Å²) < 4.78 is 5.36. The fourth-order valence-electron chi connectivity index (χ4n) is 3.65. The van der Waals surface area contributed by atoms with Crippen molar-refractivity contribution in [3.05, 3.63) is 68.5 Å². The minimum atomic E-state index is -0.477. The van der Waals surface area contributed by atoms with Gasteiger partial charge in [-0.1, -0.05) is 46.9 Å². The van der Waals surface area contributed by atoms with Gasteiger partial charge in [0.1, 0.15) is 0 Å². The summed E-state index contributed by atoms with van der Waals surface area (Å²) in [4.78, 5) is 29.8. The lowest BCUT2D eigenvalue weighted by Crippen LogP contribution is -2.46. The maximum absolute atomic E-state index is 12.9. The number of benzene rings is 2. The summed E-state index contributed by atoms with van der Waals surface area (Å²) in [6, 6.07) is 10.6. The van der Waals surface area contributed by atoms with Crippen LogP contribution in [-0.4, -0.2) is 38.5 Å². The Labute approximate surface area is 193 Å². The number of hydrogen-bond acceptors (Lipinski definition) is 7. The van der Waals surface area contributed by atoms with Crippen molar-refractivity contribution in [3.63, 3.8) is 0 Å². The molecule has 166 valence electrons. The fourth-order valence-corrected chi connectivity index (χ4v) is 3.94. The molecular formula is C21H19Cl2N5O4. The molecule has 4 rings (SSSR count). The van der Waals surface area contributed by atoms with Crippen LogP contribution in [0.3, 0.4) is 0 Å². The average Bonchev–Trinajstić information content (AvgIpc) is 3.25. The molecule has 1 atom stereocenters. The zero-order chi connectivity index (χ0) is 22.7. The van der Waals surface area contributed by atoms with E-state index in [9.17, 15) is 14.9 Å². The Balaban J connectivity index is 1.46. The molecule has 1 amide bonds. The van der Waals surface area contributed by atoms with Crippen LogP contribution in [0.15, 0.2) is 47.0 Å². The van der Waals surface area contributed by atoms with Crippen molar-refractivity contribution in [1.29, 1.82) is 0 Å². The van der Waals surface area contributed by atoms with Gasteiger partial charge in [0.05, 0.1) is 27.6 Å². The number of nitro groups is 1. The topological polar surface area (TPSA) is 114 Å². The molecule has 11 heteroatoms. The molecule has 1 aromatic heterocycles. The van der Waals surface area contributed by atoms with E-state index in [1.165, 1.54) is 12.1 Å². The number of aromatic nitrogens is 2. The molecular weight excluding hydrogens is 457 g/mol. The van der Waals surface area contributed by atoms with Gasteiger partial charge in [0.2, 0.25) is 17.6 Å². The Morgan fingerprint density at radius 3 is 2.84 bits per heavy atom. The van der Waals surface area contributed by atoms with Crippen LogP contribution in [0.4, 0.5) is 11.4 Å². The second kappa shape index (κ2) is 9.64. The van der Waals surface area contributed by atoms with Crippen LogP contribution in [-0.2, 0) is 11.3 Å². The van der Waals surface area contributed by atoms with Gasteiger partial charge in [-0.3, -0.25) is 19.8 Å². The molecule has 0 spiro atoms. The molecule has 1 N–H and O–H groups in total. The van der Waals surface area contributed by atoms with Gasteiger partial charge < -0.3 is 9.84 Å². The Kier molecular flexibility index (Phi) is 6.69. The van der Waals surface area contributed by atoms with Gasteiger partial charge in [-0.15, -0.1) is 0 Å². The number of non-ortho nitro benzene ring substituents is 1. The minimum Gasteiger partial charge on any atom is -0.338 e. The predicted molar refractivity (Wildman–Crippen MR) is 120 cm³/mol. The third-order valence-electron chi connectivity index (χ3n) is 5.23. The standard InChI is InChI=1S/C21H19Cl2N5O4/c22-16-8-7-14(11-17(16)23)24-21(29)18-6-1-2-9-27(18)12-19-25-20(26-32-19)13-4-3-5-15(10-13)28(30)31/h3-5,7-8,10-11,18H,1-2,6,9,12H2,(H,24,29). The highest BCUT2D eigenvalue weighted by molar-refractivity contribution is 6.42. The third-order valence-corrected chi connectivity index (χ3v) is 5.96. The Morgan fingerprint density at radius 2 is 2.06 bits per heavy atom. The van der Waals surface area contributed by atoms with Crippen LogP contribution in [0, 0.1) is 10.1 Å². The summed E-state index contributed by atoms with van der Waals surface area (Å²) in [6.07, 6.45) is 2.57. The zero-order valence-corrected chi connectivity index (χ0v) is 18.3. The van der Waals surface area contributed by atoms with Gasteiger partial charge >= 0.3 is 0 Å². The number of nitrogens with one attached hydrogen (secondary N) is 1. The molecule has 0 aliphatic carbocycles. The van der Waals surface area contributed by atoms with E-state index in [-0.39, 0.29) is 23.5 Å². The summed E-state index contributed by atoms with van der Waals surface area (Å²) in [7, 11) is 0. The average molecular weight is 476 g/mol. The molecule has 3 aromatic rings. The second-order valence-electron chi connectivity index (χ2n) is 7.42. The molecule has 0 saturated carbocycles. The minimum absolute atomic E-state index is 0.0519. The summed E-state index contributed by atoms with van der Waals surface area (Å²) in [5, 5.41) is 18.6. The highest BCUT2D eigenvalue weighted by atomic mass is 35.5. The first-order valence-corrected chi connectivity index (χ1v) is 10.7. The van der Waals surface area contributed by atoms with E-state index in [4.69, 9.17) is 27.7 Å². The molecule has 0 radical (unpaired) electrons. The molecule has 0 bridgehead atoms. The summed E-state index contributed by atoms with van der Waals surface area (Å²) in [6.45, 7) is 0.995. The van der Waals surface area contributed by atoms with Crippen LogP contribution >= 0.6 is 23.2 Å². The van der Waals surface area contributed by atoms with Gasteiger partial charge in [-0.25, -0.2) is 0 Å². The molecule has 1 saturated heterocycles. The molecule has 1 aliphatic rings. The molecule has 1 fully saturated rings. The lowest BCUT2D eigenvalue weighted by atomic mass is 10.0. The van der Waals surface area contributed by atoms with E-state index < -0.39 is 4.92 Å². The predicted octanol–water partition coefficient (Wildman–Crippen LogP) is 4.94. The fraction of sp³-hybridized carbons (Fsp3) is 0.286. The Bertz CT molecular complexity index is 1150. The number of nitrogens with zero attached hydrogens (tertiary/aromatic N) is 4. The molecule has 1 unspecified atom stereocenters. The third kappa shape index (κ3) is 5.07. The van der Waals surface area contributed by atoms with Gasteiger partial charge in [-0.2, -0.15) is 4.98 Å². The molecule has 2 aromatic carbocycles. The van der Waals surface area contributed by atoms with Gasteiger partial charge in [0.25, 0.3) is 5.69 Å². The molecule has 32 heavy (non-hydrogen) atoms. The quantitative estimate of drug-likeness (QED) is 0.396. The van der Waals surface area contributed by atoms with Crippen molar-refractivity contribution in [2.75, 3.05) is 11.9 Å². The summed E-state index contributed by atoms with van der Waals surface area (Å²) >= 11 is 12.0. The number of amides is 1. The van der Waals surface area contributed by atoms with E-state index in [1.807, 2.05) is 4.90 Å². The van der Waals surface area contributed by atoms with Crippen LogP contribution in [0.5, 0.6) is 0 Å². The number of carbonyl (C=O) groups is 1. The second-order valence-corrected chi connectivity index (χ2v) is 8.23. The van der Waals surface area contributed by atoms with Crippen molar-refractivity contribution < 1.29 is 14.2 Å². The van der Waals surface area contributed by atoms with Crippen LogP contribution in [0.1, 0.15) is 25.2 Å². The first-order valence-electron chi connectivity index (χ1n) is 9.98. The van der Waals surface area contributed by atoms with Crippen molar-refractivity contribution in [3.8, 4) is 11.4 Å². The van der Waals surface area contributed by atoms with Crippen molar-refractivity contribution in [2.24, 2.45) is 0 Å². The number of anilines is 1. The number of piperidine rings is 1. The van der Waals surface area contributed by atoms with Crippen LogP contribution < -0.4 is 5.32 Å². The SMILES string of the molecule is O=C(Nc1ccc(Cl)c(Cl)c1)C1CCCCN1Cc1nc(-c2cccc([N+](=O)[O-])c2)no1. The van der Waals surface area contributed by atoms with Gasteiger partial charge in [-0.05, 0) is 37.6 Å². The van der Waals surface area contributed by atoms with Gasteiger partial charge in [0.15, 0.2) is 0 Å². The van der Waals surface area contributed by atoms with E-state index in [2.05, 4.69) is 15.5 Å². The summed E-state index contributed by atoms with van der Waals surface area (Å²) in [5.41, 5.74) is 1.01. The lowest BCUT2D eigenvalue weighted by Gasteiger charge is -2.33. The normalized spacial score (nSPS) is 16.6. The van der Waals surface area contributed by atoms with E-state index in [0.29, 0.717) is 46.7 Å². The van der Waals surface area contributed by atoms with Gasteiger partial charge in [0, 0.05) is 23.4 Å². The Morgan fingerprint density at radius 1 is 1.22 bits per heavy atom. The van der Waals surface area contributed by atoms with Crippen LogP contribution in [0.2, 0.25) is 10.0 Å². The largest absolute Gasteiger partial charge is 0.338 e. The number of rotatable bonds is 6. The maximum atomic E-state index is 12.9. The number of nitro benzene ring substituents is 1. The lowest BCUT2D eigenvalue weighted by molar-refractivity contribution is -0.384. The number of carbonyl (C=O) groups excluding carboxylic acids is 1. The highest BCUT2D eigenvalue weighted by Crippen LogP contribution is 2.27. The smallest absolute Gasteiger partial charge is 0.270 e. The molecule has 1 aliphatic heterocycles. The molecule has 9 nitrogen and oxygen atoms in total. The molecule has 2 heterocycles. The van der Waals surface area contributed by atoms with E-state index in [1.54, 1.807) is 30.3 Å². The van der Waals surface area contributed by atoms with Crippen molar-refractivity contribution in [2.45, 2.75) is 31.8 Å².